The predicted molar refractivity (Wildman–Crippen MR) is 121 cm³/mol. The lowest BCUT2D eigenvalue weighted by Gasteiger charge is -2.15. The van der Waals surface area contributed by atoms with E-state index < -0.39 is 7.14 Å². The van der Waals surface area contributed by atoms with Gasteiger partial charge in [0.25, 0.3) is 0 Å². The minimum atomic E-state index is -2.48. The molecule has 1 aromatic heterocycles. The van der Waals surface area contributed by atoms with Crippen molar-refractivity contribution < 1.29 is 4.57 Å². The van der Waals surface area contributed by atoms with Crippen LogP contribution in [-0.2, 0) is 4.57 Å². The van der Waals surface area contributed by atoms with E-state index in [1.807, 2.05) is 36.4 Å². The number of benzene rings is 1. The Kier molecular flexibility index (Phi) is 6.36. The Labute approximate surface area is 175 Å². The number of rotatable bonds is 8. The van der Waals surface area contributed by atoms with Gasteiger partial charge in [-0.05, 0) is 49.7 Å². The Morgan fingerprint density at radius 3 is 2.55 bits per heavy atom. The zero-order valence-corrected chi connectivity index (χ0v) is 17.7. The fourth-order valence-electron chi connectivity index (χ4n) is 2.54. The van der Waals surface area contributed by atoms with Crippen molar-refractivity contribution in [2.24, 2.45) is 0 Å². The van der Waals surface area contributed by atoms with Gasteiger partial charge in [0.1, 0.15) is 12.2 Å². The number of hydrogen-bond acceptors (Lipinski definition) is 6. The molecule has 0 amide bonds. The minimum Gasteiger partial charge on any atom is -0.370 e. The highest BCUT2D eigenvalue weighted by atomic mass is 35.5. The first-order chi connectivity index (χ1) is 13.9. The first-order valence-electron chi connectivity index (χ1n) is 8.79. The molecule has 6 nitrogen and oxygen atoms in total. The quantitative estimate of drug-likeness (QED) is 0.354. The van der Waals surface area contributed by atoms with Gasteiger partial charge < -0.3 is 20.5 Å². The number of halogens is 1. The molecular weight excluding hydrogens is 405 g/mol. The molecule has 29 heavy (non-hydrogen) atoms. The molecule has 0 spiro atoms. The van der Waals surface area contributed by atoms with E-state index in [4.69, 9.17) is 18.2 Å². The van der Waals surface area contributed by atoms with E-state index in [1.54, 1.807) is 13.3 Å². The standard InChI is InChI=1S/C21H20ClN5OP/c1-4-13-23-15-9-11-16(12-10-15)25-21-24-14-17(22)20(27-21)26-18-7-5-6-8-19(18)29(2,3)28/h1,4-9,11,14,23H,13H2,2-3H3,(H2,24,25,26,27)/q+1. The van der Waals surface area contributed by atoms with Gasteiger partial charge in [-0.1, -0.05) is 23.7 Å². The van der Waals surface area contributed by atoms with Gasteiger partial charge in [-0.25, -0.2) is 4.98 Å². The second-order valence-corrected chi connectivity index (χ2v) is 10.1. The van der Waals surface area contributed by atoms with E-state index in [0.29, 0.717) is 34.7 Å². The van der Waals surface area contributed by atoms with Crippen molar-refractivity contribution >= 4 is 52.9 Å². The number of hydrogen-bond donors (Lipinski definition) is 3. The first kappa shape index (κ1) is 20.6. The molecule has 8 heteroatoms. The summed E-state index contributed by atoms with van der Waals surface area (Å²) in [7, 11) is -2.48. The van der Waals surface area contributed by atoms with Gasteiger partial charge in [-0.15, -0.1) is 0 Å². The minimum absolute atomic E-state index is 0.339. The molecule has 3 N–H and O–H groups in total. The molecule has 2 aromatic carbocycles. The number of nitrogens with one attached hydrogen (secondary N) is 3. The molecule has 0 fully saturated rings. The van der Waals surface area contributed by atoms with E-state index in [9.17, 15) is 4.57 Å². The number of aromatic nitrogens is 2. The fraction of sp³-hybridized carbons (Fsp3) is 0.143. The molecule has 0 saturated carbocycles. The Balaban J connectivity index is 1.81. The summed E-state index contributed by atoms with van der Waals surface area (Å²) in [6.45, 7) is 9.33. The van der Waals surface area contributed by atoms with Crippen LogP contribution in [0.4, 0.5) is 28.8 Å². The SMILES string of the molecule is [CH+]=CCNc1c#cc(Nc2ncc(Cl)c(Nc3ccccc3P(C)(C)=O)n2)cc1. The average molecular weight is 425 g/mol. The predicted octanol–water partition coefficient (Wildman–Crippen LogP) is 4.87. The maximum absolute atomic E-state index is 12.6. The fourth-order valence-corrected chi connectivity index (χ4v) is 3.84. The molecule has 0 atom stereocenters. The van der Waals surface area contributed by atoms with Gasteiger partial charge in [-0.2, -0.15) is 4.98 Å². The van der Waals surface area contributed by atoms with Crippen LogP contribution in [-0.4, -0.2) is 29.8 Å². The number of para-hydroxylation sites is 1. The van der Waals surface area contributed by atoms with Crippen LogP contribution in [0.25, 0.3) is 0 Å². The monoisotopic (exact) mass is 424 g/mol. The Morgan fingerprint density at radius 2 is 1.86 bits per heavy atom. The average Bonchev–Trinajstić information content (AvgIpc) is 2.69. The zero-order chi connectivity index (χ0) is 20.9. The van der Waals surface area contributed by atoms with Gasteiger partial charge in [0, 0.05) is 5.30 Å². The summed E-state index contributed by atoms with van der Waals surface area (Å²) in [6.07, 6.45) is 3.01. The van der Waals surface area contributed by atoms with Crippen LogP contribution in [0.15, 0.2) is 48.7 Å². The topological polar surface area (TPSA) is 78.9 Å². The summed E-state index contributed by atoms with van der Waals surface area (Å²) in [5.74, 6) is 0.747. The van der Waals surface area contributed by atoms with Crippen molar-refractivity contribution in [3.63, 3.8) is 0 Å². The lowest BCUT2D eigenvalue weighted by Crippen LogP contribution is -2.10. The van der Waals surface area contributed by atoms with Crippen molar-refractivity contribution in [2.45, 2.75) is 0 Å². The van der Waals surface area contributed by atoms with Crippen molar-refractivity contribution in [2.75, 3.05) is 35.8 Å². The van der Waals surface area contributed by atoms with Crippen LogP contribution >= 0.6 is 18.7 Å². The molecule has 0 aliphatic rings. The largest absolute Gasteiger partial charge is 0.370 e. The van der Waals surface area contributed by atoms with Crippen molar-refractivity contribution in [3.8, 4) is 0 Å². The molecule has 0 aliphatic heterocycles. The third-order valence-corrected chi connectivity index (χ3v) is 5.71. The van der Waals surface area contributed by atoms with Crippen LogP contribution in [0.5, 0.6) is 0 Å². The third kappa shape index (κ3) is 5.47. The number of anilines is 5. The molecule has 0 unspecified atom stereocenters. The molecule has 3 rings (SSSR count). The van der Waals surface area contributed by atoms with Crippen molar-refractivity contribution in [1.82, 2.24) is 9.97 Å². The van der Waals surface area contributed by atoms with Crippen molar-refractivity contribution in [1.29, 1.82) is 0 Å². The van der Waals surface area contributed by atoms with Crippen LogP contribution in [0.3, 0.4) is 0 Å². The Morgan fingerprint density at radius 1 is 1.14 bits per heavy atom. The number of nitrogens with zero attached hydrogens (tertiary/aromatic N) is 2. The molecule has 0 bridgehead atoms. The maximum atomic E-state index is 12.6. The van der Waals surface area contributed by atoms with E-state index >= 15 is 0 Å². The second-order valence-electron chi connectivity index (χ2n) is 6.54. The maximum Gasteiger partial charge on any atom is 0.229 e. The van der Waals surface area contributed by atoms with Crippen molar-refractivity contribution in [3.05, 3.63) is 72.4 Å². The summed E-state index contributed by atoms with van der Waals surface area (Å²) in [5, 5.41) is 10.4. The summed E-state index contributed by atoms with van der Waals surface area (Å²) in [6, 6.07) is 17.0. The molecular formula is C21H20ClN5OP+. The molecule has 0 aliphatic carbocycles. The molecule has 146 valence electrons. The highest BCUT2D eigenvalue weighted by Crippen LogP contribution is 2.38. The molecule has 1 heterocycles. The lowest BCUT2D eigenvalue weighted by atomic mass is 10.3. The Hall–Kier alpha value is -3.09. The Bertz CT molecular complexity index is 1050. The summed E-state index contributed by atoms with van der Waals surface area (Å²) in [5.41, 5.74) is 2.11. The van der Waals surface area contributed by atoms with Gasteiger partial charge >= 0.3 is 0 Å². The zero-order valence-electron chi connectivity index (χ0n) is 16.0. The molecule has 0 radical (unpaired) electrons. The van der Waals surface area contributed by atoms with E-state index in [1.165, 1.54) is 12.3 Å². The second kappa shape index (κ2) is 8.94. The first-order valence-corrected chi connectivity index (χ1v) is 11.8. The van der Waals surface area contributed by atoms with Gasteiger partial charge in [0.15, 0.2) is 11.9 Å². The van der Waals surface area contributed by atoms with Crippen LogP contribution in [0.2, 0.25) is 5.02 Å². The van der Waals surface area contributed by atoms with Gasteiger partial charge in [-0.3, -0.25) is 0 Å². The molecule has 0 saturated heterocycles. The van der Waals surface area contributed by atoms with Gasteiger partial charge in [0.2, 0.25) is 12.5 Å². The van der Waals surface area contributed by atoms with Gasteiger partial charge in [0.05, 0.1) is 29.8 Å². The summed E-state index contributed by atoms with van der Waals surface area (Å²) in [4.78, 5) is 8.63. The van der Waals surface area contributed by atoms with Crippen LogP contribution in [0, 0.1) is 18.7 Å². The smallest absolute Gasteiger partial charge is 0.229 e. The van der Waals surface area contributed by atoms with E-state index in [2.05, 4.69) is 38.1 Å². The molecule has 3 aromatic rings. The third-order valence-electron chi connectivity index (χ3n) is 3.89. The van der Waals surface area contributed by atoms with Crippen LogP contribution in [0.1, 0.15) is 0 Å². The summed E-state index contributed by atoms with van der Waals surface area (Å²) >= 11 is 6.27. The normalized spacial score (nSPS) is 10.7. The summed E-state index contributed by atoms with van der Waals surface area (Å²) < 4.78 is 12.6. The van der Waals surface area contributed by atoms with E-state index in [0.717, 1.165) is 11.0 Å². The highest BCUT2D eigenvalue weighted by Gasteiger charge is 2.17. The van der Waals surface area contributed by atoms with Crippen LogP contribution < -0.4 is 21.3 Å². The van der Waals surface area contributed by atoms with E-state index in [-0.39, 0.29) is 0 Å². The highest BCUT2D eigenvalue weighted by molar-refractivity contribution is 7.70. The lowest BCUT2D eigenvalue weighted by molar-refractivity contribution is 0.588.